The van der Waals surface area contributed by atoms with Crippen molar-refractivity contribution >= 4 is 5.91 Å². The molecule has 0 aromatic heterocycles. The Hall–Kier alpha value is -1.68. The summed E-state index contributed by atoms with van der Waals surface area (Å²) in [6.45, 7) is 4.66. The highest BCUT2D eigenvalue weighted by Crippen LogP contribution is 2.20. The minimum Gasteiger partial charge on any atom is -0.372 e. The Labute approximate surface area is 99.3 Å². The Bertz CT molecular complexity index is 457. The van der Waals surface area contributed by atoms with Crippen molar-refractivity contribution in [1.82, 2.24) is 5.32 Å². The van der Waals surface area contributed by atoms with E-state index < -0.39 is 11.7 Å². The van der Waals surface area contributed by atoms with Gasteiger partial charge >= 0.3 is 0 Å². The predicted octanol–water partition coefficient (Wildman–Crippen LogP) is 1.86. The van der Waals surface area contributed by atoms with E-state index in [1.54, 1.807) is 0 Å². The lowest BCUT2D eigenvalue weighted by atomic mass is 10.0. The molecule has 1 aliphatic heterocycles. The van der Waals surface area contributed by atoms with Gasteiger partial charge < -0.3 is 10.1 Å². The number of ether oxygens (including phenoxy) is 1. The fourth-order valence-electron chi connectivity index (χ4n) is 1.80. The molecule has 0 saturated heterocycles. The fraction of sp³-hybridized carbons (Fsp3) is 0.308. The van der Waals surface area contributed by atoms with Gasteiger partial charge in [0.15, 0.2) is 5.83 Å². The maximum absolute atomic E-state index is 12.4. The van der Waals surface area contributed by atoms with Crippen molar-refractivity contribution in [1.29, 1.82) is 0 Å². The Morgan fingerprint density at radius 3 is 2.94 bits per heavy atom. The van der Waals surface area contributed by atoms with Crippen molar-refractivity contribution in [3.8, 4) is 0 Å². The van der Waals surface area contributed by atoms with Crippen LogP contribution in [0.5, 0.6) is 0 Å². The van der Waals surface area contributed by atoms with Crippen LogP contribution in [0.2, 0.25) is 0 Å². The highest BCUT2D eigenvalue weighted by molar-refractivity contribution is 5.90. The molecule has 0 bridgehead atoms. The van der Waals surface area contributed by atoms with Gasteiger partial charge in [-0.05, 0) is 23.1 Å². The molecule has 0 atom stereocenters. The van der Waals surface area contributed by atoms with E-state index in [0.717, 1.165) is 5.56 Å². The number of amides is 1. The fourth-order valence-corrected chi connectivity index (χ4v) is 1.80. The van der Waals surface area contributed by atoms with Crippen molar-refractivity contribution < 1.29 is 13.9 Å². The zero-order valence-electron chi connectivity index (χ0n) is 9.46. The van der Waals surface area contributed by atoms with Crippen LogP contribution < -0.4 is 5.32 Å². The van der Waals surface area contributed by atoms with E-state index >= 15 is 0 Å². The maximum Gasteiger partial charge on any atom is 0.279 e. The minimum absolute atomic E-state index is 0.404. The van der Waals surface area contributed by atoms with E-state index in [-0.39, 0.29) is 0 Å². The third-order valence-electron chi connectivity index (χ3n) is 2.73. The number of nitrogens with one attached hydrogen (secondary N) is 1. The Balaban J connectivity index is 1.87. The highest BCUT2D eigenvalue weighted by Gasteiger charge is 2.11. The van der Waals surface area contributed by atoms with Crippen LogP contribution in [0.25, 0.3) is 0 Å². The maximum atomic E-state index is 12.4. The monoisotopic (exact) mass is 235 g/mol. The number of halogens is 1. The van der Waals surface area contributed by atoms with Crippen LogP contribution in [0.1, 0.15) is 16.7 Å². The normalized spacial score (nSPS) is 13.2. The molecule has 1 aliphatic rings. The zero-order chi connectivity index (χ0) is 12.3. The Morgan fingerprint density at radius 1 is 1.41 bits per heavy atom. The van der Waals surface area contributed by atoms with Gasteiger partial charge in [-0.25, -0.2) is 4.39 Å². The van der Waals surface area contributed by atoms with E-state index in [4.69, 9.17) is 4.74 Å². The quantitative estimate of drug-likeness (QED) is 0.809. The second-order valence-corrected chi connectivity index (χ2v) is 4.01. The second-order valence-electron chi connectivity index (χ2n) is 4.01. The van der Waals surface area contributed by atoms with Crippen LogP contribution in [-0.2, 0) is 29.2 Å². The standard InChI is InChI=1S/C13H14FNO2/c1-9(14)13(16)15-5-4-10-2-3-11-7-17-8-12(11)6-10/h2-3,6H,1,4-5,7-8H2,(H,15,16). The number of carbonyl (C=O) groups excluding carboxylic acids is 1. The molecule has 3 nitrogen and oxygen atoms in total. The van der Waals surface area contributed by atoms with Crippen LogP contribution in [0.3, 0.4) is 0 Å². The summed E-state index contributed by atoms with van der Waals surface area (Å²) in [4.78, 5) is 10.9. The number of fused-ring (bicyclic) bond motifs is 1. The van der Waals surface area contributed by atoms with Gasteiger partial charge in [0.05, 0.1) is 13.2 Å². The number of hydrogen-bond acceptors (Lipinski definition) is 2. The van der Waals surface area contributed by atoms with Crippen molar-refractivity contribution in [2.45, 2.75) is 19.6 Å². The molecule has 90 valence electrons. The molecule has 0 aliphatic carbocycles. The Kier molecular flexibility index (Phi) is 3.54. The van der Waals surface area contributed by atoms with Crippen LogP contribution in [-0.4, -0.2) is 12.5 Å². The molecule has 0 radical (unpaired) electrons. The highest BCUT2D eigenvalue weighted by atomic mass is 19.1. The third kappa shape index (κ3) is 2.91. The van der Waals surface area contributed by atoms with Gasteiger partial charge in [0.1, 0.15) is 0 Å². The summed E-state index contributed by atoms with van der Waals surface area (Å²) in [6, 6.07) is 6.11. The lowest BCUT2D eigenvalue weighted by molar-refractivity contribution is -0.118. The van der Waals surface area contributed by atoms with Crippen molar-refractivity contribution in [2.24, 2.45) is 0 Å². The average Bonchev–Trinajstić information content (AvgIpc) is 2.75. The minimum atomic E-state index is -0.952. The van der Waals surface area contributed by atoms with Gasteiger partial charge in [0, 0.05) is 6.54 Å². The molecular weight excluding hydrogens is 221 g/mol. The lowest BCUT2D eigenvalue weighted by Crippen LogP contribution is -2.25. The van der Waals surface area contributed by atoms with E-state index in [9.17, 15) is 9.18 Å². The molecule has 2 rings (SSSR count). The molecule has 1 aromatic carbocycles. The van der Waals surface area contributed by atoms with Gasteiger partial charge in [0.2, 0.25) is 0 Å². The van der Waals surface area contributed by atoms with E-state index in [2.05, 4.69) is 18.0 Å². The van der Waals surface area contributed by atoms with Gasteiger partial charge in [-0.2, -0.15) is 0 Å². The SMILES string of the molecule is C=C(F)C(=O)NCCc1ccc2c(c1)COC2. The van der Waals surface area contributed by atoms with Crippen LogP contribution in [0.4, 0.5) is 4.39 Å². The summed E-state index contributed by atoms with van der Waals surface area (Å²) in [5.74, 6) is -1.69. The molecule has 1 N–H and O–H groups in total. The van der Waals surface area contributed by atoms with Crippen molar-refractivity contribution in [2.75, 3.05) is 6.54 Å². The largest absolute Gasteiger partial charge is 0.372 e. The van der Waals surface area contributed by atoms with Gasteiger partial charge in [-0.3, -0.25) is 4.79 Å². The lowest BCUT2D eigenvalue weighted by Gasteiger charge is -2.05. The zero-order valence-corrected chi connectivity index (χ0v) is 9.46. The number of benzene rings is 1. The molecule has 0 fully saturated rings. The summed E-state index contributed by atoms with van der Waals surface area (Å²) in [6.07, 6.45) is 0.673. The molecule has 0 saturated carbocycles. The first kappa shape index (κ1) is 11.8. The predicted molar refractivity (Wildman–Crippen MR) is 61.9 cm³/mol. The molecule has 0 unspecified atom stereocenters. The number of rotatable bonds is 4. The molecule has 1 amide bonds. The summed E-state index contributed by atoms with van der Waals surface area (Å²) in [5.41, 5.74) is 3.53. The molecule has 4 heteroatoms. The van der Waals surface area contributed by atoms with Crippen LogP contribution in [0, 0.1) is 0 Å². The summed E-state index contributed by atoms with van der Waals surface area (Å²) in [5, 5.41) is 2.45. The summed E-state index contributed by atoms with van der Waals surface area (Å²) < 4.78 is 17.7. The van der Waals surface area contributed by atoms with Gasteiger partial charge in [-0.15, -0.1) is 0 Å². The summed E-state index contributed by atoms with van der Waals surface area (Å²) >= 11 is 0. The molecule has 0 spiro atoms. The van der Waals surface area contributed by atoms with Crippen molar-refractivity contribution in [3.63, 3.8) is 0 Å². The first-order valence-electron chi connectivity index (χ1n) is 5.48. The topological polar surface area (TPSA) is 38.3 Å². The van der Waals surface area contributed by atoms with E-state index in [0.29, 0.717) is 26.2 Å². The van der Waals surface area contributed by atoms with Crippen LogP contribution in [0.15, 0.2) is 30.6 Å². The van der Waals surface area contributed by atoms with Gasteiger partial charge in [0.25, 0.3) is 5.91 Å². The molecular formula is C13H14FNO2. The van der Waals surface area contributed by atoms with Crippen molar-refractivity contribution in [3.05, 3.63) is 47.3 Å². The number of carbonyl (C=O) groups is 1. The van der Waals surface area contributed by atoms with Gasteiger partial charge in [-0.1, -0.05) is 24.8 Å². The first-order valence-corrected chi connectivity index (χ1v) is 5.48. The average molecular weight is 235 g/mol. The van der Waals surface area contributed by atoms with E-state index in [1.165, 1.54) is 11.1 Å². The summed E-state index contributed by atoms with van der Waals surface area (Å²) in [7, 11) is 0. The smallest absolute Gasteiger partial charge is 0.279 e. The first-order chi connectivity index (χ1) is 8.16. The van der Waals surface area contributed by atoms with E-state index in [1.807, 2.05) is 12.1 Å². The molecule has 17 heavy (non-hydrogen) atoms. The Morgan fingerprint density at radius 2 is 2.18 bits per heavy atom. The van der Waals surface area contributed by atoms with Crippen LogP contribution >= 0.6 is 0 Å². The molecule has 1 heterocycles. The molecule has 1 aromatic rings. The number of hydrogen-bond donors (Lipinski definition) is 1. The third-order valence-corrected chi connectivity index (χ3v) is 2.73. The second kappa shape index (κ2) is 5.10.